The molecule has 0 aromatic rings. The van der Waals surface area contributed by atoms with Crippen LogP contribution in [0.15, 0.2) is 11.6 Å². The summed E-state index contributed by atoms with van der Waals surface area (Å²) in [5, 5.41) is 9.07. The Morgan fingerprint density at radius 2 is 1.89 bits per heavy atom. The minimum absolute atomic E-state index is 0.00534. The highest BCUT2D eigenvalue weighted by atomic mass is 16.6. The van der Waals surface area contributed by atoms with E-state index in [0.29, 0.717) is 0 Å². The fourth-order valence-electron chi connectivity index (χ4n) is 1.55. The quantitative estimate of drug-likeness (QED) is 0.788. The lowest BCUT2D eigenvalue weighted by atomic mass is 10.0. The van der Waals surface area contributed by atoms with E-state index in [1.807, 2.05) is 47.6 Å². The second-order valence-corrected chi connectivity index (χ2v) is 6.00. The van der Waals surface area contributed by atoms with Crippen LogP contribution in [0.3, 0.4) is 0 Å². The molecule has 106 valence electrons. The zero-order valence-electron chi connectivity index (χ0n) is 12.7. The van der Waals surface area contributed by atoms with E-state index in [2.05, 4.69) is 0 Å². The van der Waals surface area contributed by atoms with Gasteiger partial charge in [0.05, 0.1) is 12.6 Å². The van der Waals surface area contributed by atoms with E-state index in [-0.39, 0.29) is 24.7 Å². The van der Waals surface area contributed by atoms with Crippen molar-refractivity contribution in [2.24, 2.45) is 5.92 Å². The van der Waals surface area contributed by atoms with Crippen molar-refractivity contribution in [2.45, 2.75) is 53.2 Å². The highest BCUT2D eigenvalue weighted by Gasteiger charge is 2.25. The van der Waals surface area contributed by atoms with Crippen LogP contribution >= 0.6 is 0 Å². The van der Waals surface area contributed by atoms with Gasteiger partial charge in [0.1, 0.15) is 5.60 Å². The number of rotatable bonds is 4. The first kappa shape index (κ1) is 17.0. The van der Waals surface area contributed by atoms with Crippen LogP contribution in [-0.2, 0) is 4.74 Å². The number of hydrogen-bond donors (Lipinski definition) is 1. The van der Waals surface area contributed by atoms with Gasteiger partial charge in [-0.2, -0.15) is 0 Å². The molecule has 0 bridgehead atoms. The summed E-state index contributed by atoms with van der Waals surface area (Å²) < 4.78 is 5.34. The summed E-state index contributed by atoms with van der Waals surface area (Å²) in [7, 11) is 1.72. The fraction of sp³-hybridized carbons (Fsp3) is 0.786. The van der Waals surface area contributed by atoms with Crippen molar-refractivity contribution in [1.29, 1.82) is 0 Å². The number of amides is 1. The highest BCUT2D eigenvalue weighted by Crippen LogP contribution is 2.17. The average molecular weight is 257 g/mol. The first-order chi connectivity index (χ1) is 8.08. The topological polar surface area (TPSA) is 49.8 Å². The average Bonchev–Trinajstić information content (AvgIpc) is 2.21. The Balaban J connectivity index is 4.88. The maximum Gasteiger partial charge on any atom is 0.410 e. The Hall–Kier alpha value is -1.03. The molecule has 0 aliphatic rings. The fourth-order valence-corrected chi connectivity index (χ4v) is 1.55. The number of likely N-dealkylation sites (N-methyl/N-ethyl adjacent to an activating group) is 1. The predicted molar refractivity (Wildman–Crippen MR) is 73.5 cm³/mol. The molecule has 0 aliphatic carbocycles. The number of nitrogens with zero attached hydrogens (tertiary/aromatic N) is 1. The molecular formula is C14H27NO3. The van der Waals surface area contributed by atoms with E-state index in [0.717, 1.165) is 5.57 Å². The predicted octanol–water partition coefficient (Wildman–Crippen LogP) is 2.82. The standard InChI is InChI=1S/C14H27NO3/c1-10(2)12(8-11(3)9-16)15(7)13(17)18-14(4,5)6/h8,10,12,16H,9H2,1-7H3/t12-/m1/s1. The molecule has 0 aliphatic heterocycles. The molecule has 18 heavy (non-hydrogen) atoms. The molecule has 0 aromatic heterocycles. The first-order valence-corrected chi connectivity index (χ1v) is 6.32. The number of carbonyl (C=O) groups is 1. The van der Waals surface area contributed by atoms with Crippen LogP contribution in [-0.4, -0.2) is 41.4 Å². The molecule has 0 saturated heterocycles. The number of carbonyl (C=O) groups excluding carboxylic acids is 1. The third kappa shape index (κ3) is 6.05. The van der Waals surface area contributed by atoms with Gasteiger partial charge in [-0.3, -0.25) is 0 Å². The second kappa shape index (κ2) is 6.78. The van der Waals surface area contributed by atoms with Crippen molar-refractivity contribution in [1.82, 2.24) is 4.90 Å². The zero-order valence-corrected chi connectivity index (χ0v) is 12.7. The van der Waals surface area contributed by atoms with E-state index < -0.39 is 5.60 Å². The van der Waals surface area contributed by atoms with Crippen LogP contribution in [0.5, 0.6) is 0 Å². The molecule has 0 fully saturated rings. The summed E-state index contributed by atoms with van der Waals surface area (Å²) in [4.78, 5) is 13.6. The summed E-state index contributed by atoms with van der Waals surface area (Å²) >= 11 is 0. The van der Waals surface area contributed by atoms with Crippen LogP contribution in [0.2, 0.25) is 0 Å². The summed E-state index contributed by atoms with van der Waals surface area (Å²) in [6.45, 7) is 11.5. The Kier molecular flexibility index (Phi) is 6.39. The van der Waals surface area contributed by atoms with Gasteiger partial charge in [-0.15, -0.1) is 0 Å². The SMILES string of the molecule is CC(=C[C@H](C(C)C)N(C)C(=O)OC(C)(C)C)CO. The van der Waals surface area contributed by atoms with Crippen LogP contribution in [0.1, 0.15) is 41.5 Å². The molecule has 0 radical (unpaired) electrons. The molecule has 0 unspecified atom stereocenters. The molecular weight excluding hydrogens is 230 g/mol. The van der Waals surface area contributed by atoms with Crippen molar-refractivity contribution in [2.75, 3.05) is 13.7 Å². The molecule has 4 heteroatoms. The van der Waals surface area contributed by atoms with E-state index in [4.69, 9.17) is 9.84 Å². The minimum atomic E-state index is -0.497. The molecule has 1 amide bonds. The van der Waals surface area contributed by atoms with Gasteiger partial charge in [0.2, 0.25) is 0 Å². The second-order valence-electron chi connectivity index (χ2n) is 6.00. The van der Waals surface area contributed by atoms with Gasteiger partial charge in [-0.25, -0.2) is 4.79 Å². The summed E-state index contributed by atoms with van der Waals surface area (Å²) in [6.07, 6.45) is 1.57. The lowest BCUT2D eigenvalue weighted by Crippen LogP contribution is -2.42. The van der Waals surface area contributed by atoms with Crippen molar-refractivity contribution in [3.63, 3.8) is 0 Å². The van der Waals surface area contributed by atoms with Crippen LogP contribution in [0.25, 0.3) is 0 Å². The maximum atomic E-state index is 12.0. The normalized spacial score (nSPS) is 14.6. The first-order valence-electron chi connectivity index (χ1n) is 6.32. The third-order valence-electron chi connectivity index (χ3n) is 2.52. The Labute approximate surface area is 111 Å². The van der Waals surface area contributed by atoms with Gasteiger partial charge in [0, 0.05) is 7.05 Å². The van der Waals surface area contributed by atoms with E-state index in [9.17, 15) is 4.79 Å². The van der Waals surface area contributed by atoms with Crippen molar-refractivity contribution < 1.29 is 14.6 Å². The number of aliphatic hydroxyl groups excluding tert-OH is 1. The van der Waals surface area contributed by atoms with E-state index in [1.165, 1.54) is 0 Å². The van der Waals surface area contributed by atoms with E-state index >= 15 is 0 Å². The molecule has 4 nitrogen and oxygen atoms in total. The lowest BCUT2D eigenvalue weighted by molar-refractivity contribution is 0.0222. The van der Waals surface area contributed by atoms with Gasteiger partial charge in [-0.1, -0.05) is 25.5 Å². The van der Waals surface area contributed by atoms with Crippen molar-refractivity contribution in [3.8, 4) is 0 Å². The smallest absolute Gasteiger partial charge is 0.410 e. The Bertz CT molecular complexity index is 303. The van der Waals surface area contributed by atoms with E-state index in [1.54, 1.807) is 11.9 Å². The molecule has 0 saturated carbocycles. The maximum absolute atomic E-state index is 12.0. The lowest BCUT2D eigenvalue weighted by Gasteiger charge is -2.31. The Morgan fingerprint density at radius 1 is 1.39 bits per heavy atom. The summed E-state index contributed by atoms with van der Waals surface area (Å²) in [5.41, 5.74) is 0.354. The molecule has 1 N–H and O–H groups in total. The van der Waals surface area contributed by atoms with Gasteiger partial charge in [-0.05, 0) is 33.6 Å². The van der Waals surface area contributed by atoms with Gasteiger partial charge in [0.25, 0.3) is 0 Å². The Morgan fingerprint density at radius 3 is 2.22 bits per heavy atom. The van der Waals surface area contributed by atoms with Crippen LogP contribution < -0.4 is 0 Å². The van der Waals surface area contributed by atoms with Gasteiger partial charge in [0.15, 0.2) is 0 Å². The number of aliphatic hydroxyl groups is 1. The molecule has 0 heterocycles. The third-order valence-corrected chi connectivity index (χ3v) is 2.52. The largest absolute Gasteiger partial charge is 0.444 e. The summed E-state index contributed by atoms with van der Waals surface area (Å²) in [5.74, 6) is 0.254. The minimum Gasteiger partial charge on any atom is -0.444 e. The van der Waals surface area contributed by atoms with Crippen molar-refractivity contribution >= 4 is 6.09 Å². The van der Waals surface area contributed by atoms with Gasteiger partial charge < -0.3 is 14.7 Å². The zero-order chi connectivity index (χ0) is 14.5. The summed E-state index contributed by atoms with van der Waals surface area (Å²) in [6, 6.07) is -0.0769. The highest BCUT2D eigenvalue weighted by molar-refractivity contribution is 5.68. The molecule has 0 spiro atoms. The molecule has 0 rings (SSSR count). The van der Waals surface area contributed by atoms with Crippen molar-refractivity contribution in [3.05, 3.63) is 11.6 Å². The van der Waals surface area contributed by atoms with Crippen LogP contribution in [0, 0.1) is 5.92 Å². The van der Waals surface area contributed by atoms with Crippen LogP contribution in [0.4, 0.5) is 4.79 Å². The number of hydrogen-bond acceptors (Lipinski definition) is 3. The molecule has 1 atom stereocenters. The number of ether oxygens (including phenoxy) is 1. The monoisotopic (exact) mass is 257 g/mol. The molecule has 0 aromatic carbocycles. The van der Waals surface area contributed by atoms with Gasteiger partial charge >= 0.3 is 6.09 Å².